The third kappa shape index (κ3) is 3.86. The number of aliphatic hydroxyl groups is 1. The normalized spacial score (nSPS) is 24.8. The molecule has 0 saturated carbocycles. The van der Waals surface area contributed by atoms with Gasteiger partial charge in [0.05, 0.1) is 12.2 Å². The lowest BCUT2D eigenvalue weighted by atomic mass is 9.95. The molecule has 1 atom stereocenters. The maximum atomic E-state index is 10.6. The molecule has 0 aliphatic carbocycles. The van der Waals surface area contributed by atoms with Crippen LogP contribution in [0.1, 0.15) is 37.3 Å². The van der Waals surface area contributed by atoms with E-state index in [4.69, 9.17) is 16.3 Å². The molecule has 3 rings (SSSR count). The second-order valence-corrected chi connectivity index (χ2v) is 7.60. The molecule has 2 N–H and O–H groups in total. The van der Waals surface area contributed by atoms with Crippen molar-refractivity contribution >= 4 is 23.4 Å². The molecule has 116 valence electrons. The van der Waals surface area contributed by atoms with Gasteiger partial charge in [-0.3, -0.25) is 0 Å². The Morgan fingerprint density at radius 2 is 2.19 bits per heavy atom. The number of hydrogen-bond acceptors (Lipinski definition) is 4. The van der Waals surface area contributed by atoms with Gasteiger partial charge in [-0.1, -0.05) is 17.7 Å². The van der Waals surface area contributed by atoms with Gasteiger partial charge in [-0.05, 0) is 49.3 Å². The molecule has 1 unspecified atom stereocenters. The van der Waals surface area contributed by atoms with Crippen LogP contribution in [0.15, 0.2) is 18.2 Å². The van der Waals surface area contributed by atoms with E-state index in [1.165, 1.54) is 0 Å². The number of halogens is 1. The molecule has 1 fully saturated rings. The van der Waals surface area contributed by atoms with Crippen molar-refractivity contribution in [3.05, 3.63) is 28.8 Å². The molecule has 0 amide bonds. The fourth-order valence-electron chi connectivity index (χ4n) is 3.00. The van der Waals surface area contributed by atoms with E-state index in [0.717, 1.165) is 55.1 Å². The predicted octanol–water partition coefficient (Wildman–Crippen LogP) is 3.40. The number of benzene rings is 1. The van der Waals surface area contributed by atoms with Crippen LogP contribution < -0.4 is 10.1 Å². The first-order chi connectivity index (χ1) is 10.2. The van der Waals surface area contributed by atoms with E-state index in [1.807, 2.05) is 30.0 Å². The van der Waals surface area contributed by atoms with Gasteiger partial charge >= 0.3 is 0 Å². The first-order valence-electron chi connectivity index (χ1n) is 7.62. The first kappa shape index (κ1) is 15.5. The molecule has 2 heterocycles. The minimum absolute atomic E-state index is 0.235. The van der Waals surface area contributed by atoms with Crippen molar-refractivity contribution in [2.45, 2.75) is 37.3 Å². The number of nitrogens with one attached hydrogen (secondary N) is 1. The molecule has 0 aromatic heterocycles. The number of fused-ring (bicyclic) bond motifs is 1. The zero-order chi connectivity index (χ0) is 14.7. The molecule has 1 saturated heterocycles. The number of rotatable bonds is 3. The van der Waals surface area contributed by atoms with E-state index < -0.39 is 5.60 Å². The van der Waals surface area contributed by atoms with Crippen LogP contribution in [0.25, 0.3) is 0 Å². The van der Waals surface area contributed by atoms with Gasteiger partial charge in [-0.2, -0.15) is 11.8 Å². The van der Waals surface area contributed by atoms with Crippen LogP contribution in [0.4, 0.5) is 0 Å². The van der Waals surface area contributed by atoms with Gasteiger partial charge < -0.3 is 15.2 Å². The quantitative estimate of drug-likeness (QED) is 0.892. The Balaban J connectivity index is 1.70. The van der Waals surface area contributed by atoms with Crippen LogP contribution in [0, 0.1) is 0 Å². The van der Waals surface area contributed by atoms with Gasteiger partial charge in [0.2, 0.25) is 0 Å². The van der Waals surface area contributed by atoms with Gasteiger partial charge in [0, 0.05) is 23.2 Å². The highest BCUT2D eigenvalue weighted by Gasteiger charge is 2.31. The average molecular weight is 328 g/mol. The molecule has 0 bridgehead atoms. The van der Waals surface area contributed by atoms with Gasteiger partial charge in [0.25, 0.3) is 0 Å². The molecule has 3 nitrogen and oxygen atoms in total. The van der Waals surface area contributed by atoms with Crippen LogP contribution in [0.5, 0.6) is 5.75 Å². The Kier molecular flexibility index (Phi) is 4.99. The molecule has 21 heavy (non-hydrogen) atoms. The van der Waals surface area contributed by atoms with Crippen molar-refractivity contribution in [2.75, 3.05) is 24.7 Å². The van der Waals surface area contributed by atoms with Crippen LogP contribution in [-0.2, 0) is 0 Å². The van der Waals surface area contributed by atoms with E-state index >= 15 is 0 Å². The summed E-state index contributed by atoms with van der Waals surface area (Å²) in [5.41, 5.74) is 0.607. The van der Waals surface area contributed by atoms with Gasteiger partial charge in [0.1, 0.15) is 5.75 Å². The van der Waals surface area contributed by atoms with Crippen LogP contribution >= 0.6 is 23.4 Å². The van der Waals surface area contributed by atoms with E-state index in [9.17, 15) is 5.11 Å². The molecule has 0 radical (unpaired) electrons. The maximum Gasteiger partial charge on any atom is 0.125 e. The Hall–Kier alpha value is -0.420. The molecule has 2 aliphatic heterocycles. The van der Waals surface area contributed by atoms with Crippen molar-refractivity contribution < 1.29 is 9.84 Å². The molecule has 1 aromatic rings. The summed E-state index contributed by atoms with van der Waals surface area (Å²) in [5, 5.41) is 14.9. The second-order valence-electron chi connectivity index (χ2n) is 5.94. The summed E-state index contributed by atoms with van der Waals surface area (Å²) in [7, 11) is 0. The Morgan fingerprint density at radius 3 is 3.00 bits per heavy atom. The van der Waals surface area contributed by atoms with Crippen LogP contribution in [-0.4, -0.2) is 35.4 Å². The highest BCUT2D eigenvalue weighted by atomic mass is 35.5. The van der Waals surface area contributed by atoms with Gasteiger partial charge in [0.15, 0.2) is 0 Å². The van der Waals surface area contributed by atoms with Crippen molar-refractivity contribution in [3.8, 4) is 5.75 Å². The largest absolute Gasteiger partial charge is 0.493 e. The zero-order valence-corrected chi connectivity index (χ0v) is 13.7. The Labute approximate surface area is 135 Å². The van der Waals surface area contributed by atoms with Crippen LogP contribution in [0.3, 0.4) is 0 Å². The topological polar surface area (TPSA) is 41.5 Å². The van der Waals surface area contributed by atoms with Crippen LogP contribution in [0.2, 0.25) is 5.02 Å². The standard InChI is InChI=1S/C16H22ClNO2S/c17-12-3-4-13-14(2-1-7-20-15(13)10-12)18-11-16(19)5-8-21-9-6-16/h3-4,10,14,18-19H,1-2,5-9,11H2. The average Bonchev–Trinajstić information content (AvgIpc) is 2.67. The van der Waals surface area contributed by atoms with Crippen molar-refractivity contribution in [1.82, 2.24) is 5.32 Å². The fourth-order valence-corrected chi connectivity index (χ4v) is 4.41. The van der Waals surface area contributed by atoms with Crippen molar-refractivity contribution in [2.24, 2.45) is 0 Å². The summed E-state index contributed by atoms with van der Waals surface area (Å²) >= 11 is 7.99. The maximum absolute atomic E-state index is 10.6. The minimum atomic E-state index is -0.551. The number of hydrogen-bond donors (Lipinski definition) is 2. The highest BCUT2D eigenvalue weighted by Crippen LogP contribution is 2.34. The minimum Gasteiger partial charge on any atom is -0.493 e. The van der Waals surface area contributed by atoms with Crippen molar-refractivity contribution in [3.63, 3.8) is 0 Å². The molecular formula is C16H22ClNO2S. The first-order valence-corrected chi connectivity index (χ1v) is 9.15. The number of ether oxygens (including phenoxy) is 1. The lowest BCUT2D eigenvalue weighted by Gasteiger charge is -2.33. The third-order valence-electron chi connectivity index (χ3n) is 4.35. The SMILES string of the molecule is OC1(CNC2CCCOc3cc(Cl)ccc32)CCSCC1. The number of thioether (sulfide) groups is 1. The highest BCUT2D eigenvalue weighted by molar-refractivity contribution is 7.99. The summed E-state index contributed by atoms with van der Waals surface area (Å²) in [6, 6.07) is 6.08. The smallest absolute Gasteiger partial charge is 0.125 e. The lowest BCUT2D eigenvalue weighted by Crippen LogP contribution is -2.44. The summed E-state index contributed by atoms with van der Waals surface area (Å²) in [5.74, 6) is 2.99. The Bertz CT molecular complexity index is 491. The van der Waals surface area contributed by atoms with E-state index in [0.29, 0.717) is 11.6 Å². The second kappa shape index (κ2) is 6.78. The molecule has 1 aromatic carbocycles. The molecule has 2 aliphatic rings. The fraction of sp³-hybridized carbons (Fsp3) is 0.625. The van der Waals surface area contributed by atoms with E-state index in [1.54, 1.807) is 0 Å². The van der Waals surface area contributed by atoms with E-state index in [-0.39, 0.29) is 6.04 Å². The molecule has 0 spiro atoms. The molecular weight excluding hydrogens is 306 g/mol. The lowest BCUT2D eigenvalue weighted by molar-refractivity contribution is 0.0293. The molecule has 5 heteroatoms. The van der Waals surface area contributed by atoms with Gasteiger partial charge in [-0.25, -0.2) is 0 Å². The zero-order valence-electron chi connectivity index (χ0n) is 12.1. The summed E-state index contributed by atoms with van der Waals surface area (Å²) < 4.78 is 5.79. The van der Waals surface area contributed by atoms with Gasteiger partial charge in [-0.15, -0.1) is 0 Å². The van der Waals surface area contributed by atoms with Crippen molar-refractivity contribution in [1.29, 1.82) is 0 Å². The summed E-state index contributed by atoms with van der Waals surface area (Å²) in [6.07, 6.45) is 3.79. The monoisotopic (exact) mass is 327 g/mol. The third-order valence-corrected chi connectivity index (χ3v) is 5.57. The predicted molar refractivity (Wildman–Crippen MR) is 88.4 cm³/mol. The Morgan fingerprint density at radius 1 is 1.38 bits per heavy atom. The summed E-state index contributed by atoms with van der Waals surface area (Å²) in [4.78, 5) is 0. The summed E-state index contributed by atoms with van der Waals surface area (Å²) in [6.45, 7) is 1.38. The van der Waals surface area contributed by atoms with E-state index in [2.05, 4.69) is 5.32 Å².